The van der Waals surface area contributed by atoms with Gasteiger partial charge in [-0.3, -0.25) is 9.80 Å². The zero-order chi connectivity index (χ0) is 16.7. The van der Waals surface area contributed by atoms with Crippen LogP contribution in [0.3, 0.4) is 0 Å². The number of rotatable bonds is 2. The molecular formula is C19H25N3O2. The van der Waals surface area contributed by atoms with Crippen LogP contribution in [-0.2, 0) is 0 Å². The number of methoxy groups -OCH3 is 1. The van der Waals surface area contributed by atoms with Crippen LogP contribution in [0.4, 0.5) is 0 Å². The van der Waals surface area contributed by atoms with Crippen molar-refractivity contribution in [3.8, 4) is 5.75 Å². The Morgan fingerprint density at radius 2 is 1.75 bits per heavy atom. The Balaban J connectivity index is 1.60. The first-order valence-electron chi connectivity index (χ1n) is 8.75. The van der Waals surface area contributed by atoms with Crippen LogP contribution in [0.15, 0.2) is 24.4 Å². The lowest BCUT2D eigenvalue weighted by atomic mass is 9.60. The highest BCUT2D eigenvalue weighted by molar-refractivity contribution is 5.85. The standard InChI is InChI=1S/C19H25N3O2/c1-18-8-21-10-19(2,17(18)23)11-22(9-18)16(21)14-7-20-15-5-4-12(24-3)6-13(14)15/h4-7,16-17,20,23H,8-11H2,1-3H3. The summed E-state index contributed by atoms with van der Waals surface area (Å²) < 4.78 is 5.42. The summed E-state index contributed by atoms with van der Waals surface area (Å²) in [6, 6.07) is 6.22. The van der Waals surface area contributed by atoms with Gasteiger partial charge in [-0.15, -0.1) is 0 Å². The van der Waals surface area contributed by atoms with Gasteiger partial charge in [-0.2, -0.15) is 0 Å². The van der Waals surface area contributed by atoms with Crippen molar-refractivity contribution >= 4 is 10.9 Å². The molecule has 0 aliphatic carbocycles. The van der Waals surface area contributed by atoms with Gasteiger partial charge in [0.1, 0.15) is 5.75 Å². The van der Waals surface area contributed by atoms with Crippen molar-refractivity contribution in [2.45, 2.75) is 26.1 Å². The molecule has 1 aromatic heterocycles. The van der Waals surface area contributed by atoms with E-state index in [1.807, 2.05) is 6.07 Å². The number of aliphatic hydroxyl groups excluding tert-OH is 1. The Bertz CT molecular complexity index is 776. The van der Waals surface area contributed by atoms with Crippen LogP contribution in [0.25, 0.3) is 10.9 Å². The molecule has 4 fully saturated rings. The molecule has 5 nitrogen and oxygen atoms in total. The summed E-state index contributed by atoms with van der Waals surface area (Å²) in [4.78, 5) is 8.53. The lowest BCUT2D eigenvalue weighted by Crippen LogP contribution is -2.76. The minimum absolute atomic E-state index is 0.0223. The fourth-order valence-corrected chi connectivity index (χ4v) is 5.69. The van der Waals surface area contributed by atoms with E-state index in [1.165, 1.54) is 10.9 Å². The van der Waals surface area contributed by atoms with Crippen molar-refractivity contribution in [3.63, 3.8) is 0 Å². The van der Waals surface area contributed by atoms with Crippen LogP contribution in [0.1, 0.15) is 25.6 Å². The molecule has 0 radical (unpaired) electrons. The van der Waals surface area contributed by atoms with Gasteiger partial charge in [0.15, 0.2) is 0 Å². The Kier molecular flexibility index (Phi) is 2.79. The molecule has 0 atom stereocenters. The van der Waals surface area contributed by atoms with Crippen LogP contribution < -0.4 is 4.74 Å². The molecule has 2 N–H and O–H groups in total. The van der Waals surface area contributed by atoms with E-state index in [4.69, 9.17) is 4.74 Å². The number of hydrogen-bond donors (Lipinski definition) is 2. The first-order valence-corrected chi connectivity index (χ1v) is 8.75. The lowest BCUT2D eigenvalue weighted by molar-refractivity contribution is -0.253. The highest BCUT2D eigenvalue weighted by Crippen LogP contribution is 2.54. The molecule has 2 aromatic rings. The molecule has 0 saturated carbocycles. The number of nitrogens with zero attached hydrogens (tertiary/aromatic N) is 2. The number of aromatic amines is 1. The number of fused-ring (bicyclic) bond motifs is 1. The summed E-state index contributed by atoms with van der Waals surface area (Å²) in [5.41, 5.74) is 2.43. The highest BCUT2D eigenvalue weighted by Gasteiger charge is 2.62. The number of aromatic nitrogens is 1. The van der Waals surface area contributed by atoms with Crippen LogP contribution in [0.2, 0.25) is 0 Å². The number of nitrogens with one attached hydrogen (secondary N) is 1. The zero-order valence-electron chi connectivity index (χ0n) is 14.5. The van der Waals surface area contributed by atoms with Gasteiger partial charge >= 0.3 is 0 Å². The Labute approximate surface area is 142 Å². The SMILES string of the molecule is COc1ccc2[nH]cc(C3N4CC5(C)CN3CC(C)(C4)C5O)c2c1. The van der Waals surface area contributed by atoms with Gasteiger partial charge in [0, 0.05) is 59.7 Å². The van der Waals surface area contributed by atoms with E-state index in [0.717, 1.165) is 37.4 Å². The Morgan fingerprint density at radius 1 is 1.12 bits per heavy atom. The third kappa shape index (κ3) is 1.75. The van der Waals surface area contributed by atoms with Crippen molar-refractivity contribution in [2.75, 3.05) is 33.3 Å². The molecule has 128 valence electrons. The summed E-state index contributed by atoms with van der Waals surface area (Å²) in [5.74, 6) is 0.895. The molecule has 4 saturated heterocycles. The number of ether oxygens (including phenoxy) is 1. The minimum atomic E-state index is -0.207. The van der Waals surface area contributed by atoms with E-state index in [2.05, 4.69) is 47.0 Å². The molecule has 0 unspecified atom stereocenters. The monoisotopic (exact) mass is 327 g/mol. The third-order valence-corrected chi connectivity index (χ3v) is 6.47. The first-order chi connectivity index (χ1) is 11.4. The van der Waals surface area contributed by atoms with E-state index in [1.54, 1.807) is 7.11 Å². The molecule has 4 bridgehead atoms. The summed E-state index contributed by atoms with van der Waals surface area (Å²) in [6.07, 6.45) is 2.24. The normalized spacial score (nSPS) is 43.5. The minimum Gasteiger partial charge on any atom is -0.497 e. The van der Waals surface area contributed by atoms with Crippen molar-refractivity contribution in [1.29, 1.82) is 0 Å². The smallest absolute Gasteiger partial charge is 0.119 e. The van der Waals surface area contributed by atoms with E-state index < -0.39 is 0 Å². The highest BCUT2D eigenvalue weighted by atomic mass is 16.5. The van der Waals surface area contributed by atoms with Gasteiger partial charge in [0.25, 0.3) is 0 Å². The third-order valence-electron chi connectivity index (χ3n) is 6.47. The number of aliphatic hydroxyl groups is 1. The van der Waals surface area contributed by atoms with Crippen molar-refractivity contribution < 1.29 is 9.84 Å². The van der Waals surface area contributed by atoms with Crippen LogP contribution in [0, 0.1) is 10.8 Å². The van der Waals surface area contributed by atoms with E-state index in [-0.39, 0.29) is 16.9 Å². The molecule has 0 amide bonds. The summed E-state index contributed by atoms with van der Waals surface area (Å²) in [6.45, 7) is 8.32. The van der Waals surface area contributed by atoms with Crippen LogP contribution >= 0.6 is 0 Å². The second-order valence-corrected chi connectivity index (χ2v) is 8.55. The molecule has 5 heteroatoms. The summed E-state index contributed by atoms with van der Waals surface area (Å²) in [7, 11) is 1.71. The first kappa shape index (κ1) is 14.8. The van der Waals surface area contributed by atoms with Gasteiger partial charge in [-0.1, -0.05) is 13.8 Å². The van der Waals surface area contributed by atoms with Crippen LogP contribution in [0.5, 0.6) is 5.75 Å². The molecule has 4 aliphatic rings. The molecule has 4 aliphatic heterocycles. The average molecular weight is 327 g/mol. The number of piperidine rings is 2. The summed E-state index contributed by atoms with van der Waals surface area (Å²) in [5, 5.41) is 12.1. The number of H-pyrrole nitrogens is 1. The molecule has 6 rings (SSSR count). The van der Waals surface area contributed by atoms with Crippen LogP contribution in [-0.4, -0.2) is 59.3 Å². The summed E-state index contributed by atoms with van der Waals surface area (Å²) >= 11 is 0. The van der Waals surface area contributed by atoms with E-state index in [0.29, 0.717) is 6.17 Å². The predicted octanol–water partition coefficient (Wildman–Crippen LogP) is 2.19. The second-order valence-electron chi connectivity index (χ2n) is 8.55. The number of hydrogen-bond acceptors (Lipinski definition) is 4. The largest absolute Gasteiger partial charge is 0.497 e. The predicted molar refractivity (Wildman–Crippen MR) is 93.0 cm³/mol. The molecule has 24 heavy (non-hydrogen) atoms. The molecule has 1 aromatic carbocycles. The maximum absolute atomic E-state index is 10.8. The maximum Gasteiger partial charge on any atom is 0.119 e. The van der Waals surface area contributed by atoms with Crippen molar-refractivity contribution in [1.82, 2.24) is 14.8 Å². The van der Waals surface area contributed by atoms with Gasteiger partial charge in [0.2, 0.25) is 0 Å². The van der Waals surface area contributed by atoms with E-state index >= 15 is 0 Å². The van der Waals surface area contributed by atoms with Gasteiger partial charge in [-0.25, -0.2) is 0 Å². The maximum atomic E-state index is 10.8. The Morgan fingerprint density at radius 3 is 2.33 bits per heavy atom. The molecular weight excluding hydrogens is 302 g/mol. The van der Waals surface area contributed by atoms with Crippen molar-refractivity contribution in [2.24, 2.45) is 10.8 Å². The topological polar surface area (TPSA) is 51.7 Å². The van der Waals surface area contributed by atoms with Gasteiger partial charge in [0.05, 0.1) is 19.4 Å². The number of benzene rings is 1. The quantitative estimate of drug-likeness (QED) is 0.888. The van der Waals surface area contributed by atoms with Gasteiger partial charge in [-0.05, 0) is 18.2 Å². The van der Waals surface area contributed by atoms with E-state index in [9.17, 15) is 5.11 Å². The second kappa shape index (κ2) is 4.54. The fourth-order valence-electron chi connectivity index (χ4n) is 5.69. The zero-order valence-corrected chi connectivity index (χ0v) is 14.5. The Hall–Kier alpha value is -1.56. The fraction of sp³-hybridized carbons (Fsp3) is 0.579. The molecule has 5 heterocycles. The lowest BCUT2D eigenvalue weighted by Gasteiger charge is -2.68. The molecule has 0 spiro atoms. The van der Waals surface area contributed by atoms with Gasteiger partial charge < -0.3 is 14.8 Å². The van der Waals surface area contributed by atoms with Crippen molar-refractivity contribution in [3.05, 3.63) is 30.0 Å². The average Bonchev–Trinajstić information content (AvgIpc) is 2.94.